The van der Waals surface area contributed by atoms with Crippen LogP contribution in [0.1, 0.15) is 56.9 Å². The molecule has 0 aliphatic carbocycles. The zero-order valence-corrected chi connectivity index (χ0v) is 33.2. The van der Waals surface area contributed by atoms with Crippen LogP contribution in [0.3, 0.4) is 0 Å². The molecule has 0 radical (unpaired) electrons. The maximum absolute atomic E-state index is 13.4. The summed E-state index contributed by atoms with van der Waals surface area (Å²) < 4.78 is 27.1. The molecule has 14 nitrogen and oxygen atoms in total. The van der Waals surface area contributed by atoms with Crippen LogP contribution < -0.4 is 27.0 Å². The van der Waals surface area contributed by atoms with Crippen LogP contribution in [0, 0.1) is 12.0 Å². The van der Waals surface area contributed by atoms with Crippen LogP contribution in [0.2, 0.25) is 0 Å². The number of amides is 4. The van der Waals surface area contributed by atoms with Gasteiger partial charge in [-0.1, -0.05) is 48.5 Å². The first-order chi connectivity index (χ1) is 27.6. The number of carbonyl (C=O) groups is 4. The summed E-state index contributed by atoms with van der Waals surface area (Å²) in [4.78, 5) is 50.6. The maximum atomic E-state index is 13.4. The summed E-state index contributed by atoms with van der Waals surface area (Å²) in [6, 6.07) is 31.8. The monoisotopic (exact) mass is 791 g/mol. The highest BCUT2D eigenvalue weighted by Crippen LogP contribution is 2.23. The summed E-state index contributed by atoms with van der Waals surface area (Å²) in [5.41, 5.74) is 8.82. The molecule has 2 atom stereocenters. The van der Waals surface area contributed by atoms with E-state index in [9.17, 15) is 19.2 Å². The smallest absolute Gasteiger partial charge is 0.412 e. The van der Waals surface area contributed by atoms with Crippen molar-refractivity contribution in [2.24, 2.45) is 5.73 Å². The molecule has 1 aliphatic rings. The fraction of sp³-hybridized carbons (Fsp3) is 0.318. The minimum atomic E-state index is -1.27. The molecule has 1 fully saturated rings. The first-order valence-corrected chi connectivity index (χ1v) is 18.7. The van der Waals surface area contributed by atoms with Gasteiger partial charge >= 0.3 is 18.3 Å². The Kier molecular flexibility index (Phi) is 14.3. The normalized spacial score (nSPS) is 13.8. The van der Waals surface area contributed by atoms with Gasteiger partial charge in [0.15, 0.2) is 6.10 Å². The molecule has 304 valence electrons. The second kappa shape index (κ2) is 19.5. The number of nitrogens with two attached hydrogens (primary N) is 1. The van der Waals surface area contributed by atoms with Crippen LogP contribution >= 0.6 is 0 Å². The molecule has 0 bridgehead atoms. The summed E-state index contributed by atoms with van der Waals surface area (Å²) in [6.07, 6.45) is -1.46. The Morgan fingerprint density at radius 1 is 0.724 bits per heavy atom. The molecule has 14 heteroatoms. The molecule has 6 N–H and O–H groups in total. The van der Waals surface area contributed by atoms with E-state index in [1.165, 1.54) is 0 Å². The number of carbonyl (C=O) groups excluding carboxylic acids is 4. The summed E-state index contributed by atoms with van der Waals surface area (Å²) in [5, 5.41) is 11.1. The Balaban J connectivity index is 1.08. The van der Waals surface area contributed by atoms with Crippen LogP contribution in [-0.4, -0.2) is 67.4 Å². The molecular formula is C44H49N5O9. The Bertz CT molecular complexity index is 2160. The second-order valence-electron chi connectivity index (χ2n) is 14.8. The van der Waals surface area contributed by atoms with Crippen LogP contribution in [0.25, 0.3) is 0 Å². The molecule has 4 aromatic carbocycles. The van der Waals surface area contributed by atoms with E-state index in [2.05, 4.69) is 33.2 Å². The third kappa shape index (κ3) is 14.2. The molecule has 4 aromatic rings. The van der Waals surface area contributed by atoms with Crippen LogP contribution in [-0.2, 0) is 41.3 Å². The van der Waals surface area contributed by atoms with Crippen molar-refractivity contribution >= 4 is 46.9 Å². The predicted octanol–water partition coefficient (Wildman–Crippen LogP) is 7.43. The van der Waals surface area contributed by atoms with Crippen LogP contribution in [0.5, 0.6) is 0 Å². The molecule has 1 saturated heterocycles. The topological polar surface area (TPSA) is 192 Å². The van der Waals surface area contributed by atoms with Gasteiger partial charge in [-0.05, 0) is 124 Å². The Morgan fingerprint density at radius 2 is 1.17 bits per heavy atom. The third-order valence-corrected chi connectivity index (χ3v) is 8.59. The number of benzene rings is 4. The first-order valence-electron chi connectivity index (χ1n) is 18.7. The van der Waals surface area contributed by atoms with Crippen molar-refractivity contribution in [2.75, 3.05) is 41.1 Å². The summed E-state index contributed by atoms with van der Waals surface area (Å²) in [6.45, 7) is 9.06. The maximum Gasteiger partial charge on any atom is 0.412 e. The minimum Gasteiger partial charge on any atom is -0.446 e. The lowest BCUT2D eigenvalue weighted by Crippen LogP contribution is -2.45. The lowest BCUT2D eigenvalue weighted by Gasteiger charge is -2.31. The van der Waals surface area contributed by atoms with Gasteiger partial charge in [-0.3, -0.25) is 20.7 Å². The number of hydrogen-bond donors (Lipinski definition) is 5. The van der Waals surface area contributed by atoms with Gasteiger partial charge in [0.2, 0.25) is 0 Å². The van der Waals surface area contributed by atoms with Gasteiger partial charge in [0.05, 0.1) is 13.2 Å². The summed E-state index contributed by atoms with van der Waals surface area (Å²) in [5.74, 6) is 2.17. The quantitative estimate of drug-likeness (QED) is 0.0330. The average Bonchev–Trinajstić information content (AvgIpc) is 3.99. The number of hydrogen-bond acceptors (Lipinski definition) is 10. The second-order valence-corrected chi connectivity index (χ2v) is 14.8. The SMILES string of the molecule is CC(C#CN)OC(=O)Nc1cccc(Cc2cccc(NC(=O)OC(C)(C)COC(C)(C)C(=O)Nc3cccc(Cc4cccc(NC(=O)OCC5CO5)c4)c3)c2)c1. The van der Waals surface area contributed by atoms with Gasteiger partial charge in [-0.15, -0.1) is 0 Å². The van der Waals surface area contributed by atoms with E-state index in [1.807, 2.05) is 72.8 Å². The van der Waals surface area contributed by atoms with Crippen molar-refractivity contribution in [3.63, 3.8) is 0 Å². The molecule has 0 saturated carbocycles. The molecule has 2 unspecified atom stereocenters. The van der Waals surface area contributed by atoms with Crippen LogP contribution in [0.15, 0.2) is 97.1 Å². The highest BCUT2D eigenvalue weighted by atomic mass is 16.6. The van der Waals surface area contributed by atoms with Gasteiger partial charge in [0, 0.05) is 28.8 Å². The van der Waals surface area contributed by atoms with Gasteiger partial charge in [-0.25, -0.2) is 14.4 Å². The van der Waals surface area contributed by atoms with Crippen molar-refractivity contribution in [3.05, 3.63) is 119 Å². The zero-order valence-electron chi connectivity index (χ0n) is 33.2. The van der Waals surface area contributed by atoms with E-state index >= 15 is 0 Å². The fourth-order valence-electron chi connectivity index (χ4n) is 5.57. The molecule has 58 heavy (non-hydrogen) atoms. The number of epoxide rings is 1. The highest BCUT2D eigenvalue weighted by Gasteiger charge is 2.33. The molecule has 0 aromatic heterocycles. The zero-order chi connectivity index (χ0) is 41.7. The van der Waals surface area contributed by atoms with Gasteiger partial charge < -0.3 is 34.7 Å². The molecule has 0 spiro atoms. The Hall–Kier alpha value is -6.56. The lowest BCUT2D eigenvalue weighted by molar-refractivity contribution is -0.144. The van der Waals surface area contributed by atoms with E-state index in [0.29, 0.717) is 42.2 Å². The fourth-order valence-corrected chi connectivity index (χ4v) is 5.57. The van der Waals surface area contributed by atoms with E-state index in [1.54, 1.807) is 58.9 Å². The van der Waals surface area contributed by atoms with Gasteiger partial charge in [-0.2, -0.15) is 0 Å². The molecule has 1 heterocycles. The number of ether oxygens (including phenoxy) is 5. The van der Waals surface area contributed by atoms with Gasteiger partial charge in [0.25, 0.3) is 5.91 Å². The minimum absolute atomic E-state index is 0.0131. The standard InChI is InChI=1S/C44H49N5O9/c1-29(18-19-45)57-41(52)48-36-16-8-12-32(24-36)21-33-13-9-17-37(25-33)49-42(53)58-43(2,3)28-56-44(4,5)39(50)46-34-14-6-10-30(22-34)20-31-11-7-15-35(23-31)47-40(51)55-27-38-26-54-38/h6-17,22-25,29,38H,20-21,26-28,45H2,1-5H3,(H,46,50)(H,47,51)(H,48,52)(H,49,53). The molecule has 5 rings (SSSR count). The molecular weight excluding hydrogens is 743 g/mol. The Morgan fingerprint density at radius 3 is 1.64 bits per heavy atom. The average molecular weight is 792 g/mol. The third-order valence-electron chi connectivity index (χ3n) is 8.59. The van der Waals surface area contributed by atoms with E-state index in [4.69, 9.17) is 29.4 Å². The van der Waals surface area contributed by atoms with E-state index in [0.717, 1.165) is 22.3 Å². The first kappa shape index (κ1) is 42.6. The number of rotatable bonds is 16. The van der Waals surface area contributed by atoms with Crippen molar-refractivity contribution in [1.29, 1.82) is 0 Å². The van der Waals surface area contributed by atoms with E-state index < -0.39 is 35.6 Å². The predicted molar refractivity (Wildman–Crippen MR) is 220 cm³/mol. The highest BCUT2D eigenvalue weighted by molar-refractivity contribution is 5.96. The van der Waals surface area contributed by atoms with Crippen molar-refractivity contribution < 1.29 is 42.9 Å². The number of nitrogens with one attached hydrogen (secondary N) is 4. The van der Waals surface area contributed by atoms with Crippen molar-refractivity contribution in [1.82, 2.24) is 0 Å². The van der Waals surface area contributed by atoms with Crippen LogP contribution in [0.4, 0.5) is 37.1 Å². The summed E-state index contributed by atoms with van der Waals surface area (Å²) >= 11 is 0. The van der Waals surface area contributed by atoms with E-state index in [-0.39, 0.29) is 25.2 Å². The summed E-state index contributed by atoms with van der Waals surface area (Å²) in [7, 11) is 0. The Labute approximate surface area is 338 Å². The van der Waals surface area contributed by atoms with Crippen molar-refractivity contribution in [2.45, 2.75) is 70.9 Å². The molecule has 1 aliphatic heterocycles. The molecule has 4 amide bonds. The largest absolute Gasteiger partial charge is 0.446 e. The lowest BCUT2D eigenvalue weighted by atomic mass is 10.0. The van der Waals surface area contributed by atoms with Gasteiger partial charge in [0.1, 0.15) is 23.9 Å². The number of anilines is 4. The van der Waals surface area contributed by atoms with Crippen molar-refractivity contribution in [3.8, 4) is 12.0 Å².